The highest BCUT2D eigenvalue weighted by molar-refractivity contribution is 9.10. The van der Waals surface area contributed by atoms with Crippen LogP contribution in [0.25, 0.3) is 0 Å². The highest BCUT2D eigenvalue weighted by atomic mass is 79.9. The molecule has 5 heteroatoms. The molecule has 0 aliphatic carbocycles. The van der Waals surface area contributed by atoms with Gasteiger partial charge in [-0.3, -0.25) is 11.3 Å². The largest absolute Gasteiger partial charge is 0.271 e. The molecule has 0 aliphatic rings. The summed E-state index contributed by atoms with van der Waals surface area (Å²) < 4.78 is 14.6. The van der Waals surface area contributed by atoms with Crippen LogP contribution in [-0.4, -0.2) is 0 Å². The van der Waals surface area contributed by atoms with E-state index in [0.29, 0.717) is 12.0 Å². The van der Waals surface area contributed by atoms with Crippen LogP contribution in [0.4, 0.5) is 4.39 Å². The van der Waals surface area contributed by atoms with Crippen LogP contribution in [0.2, 0.25) is 0 Å². The normalized spacial score (nSPS) is 12.6. The molecule has 17 heavy (non-hydrogen) atoms. The van der Waals surface area contributed by atoms with Gasteiger partial charge in [0.2, 0.25) is 0 Å². The molecule has 0 amide bonds. The van der Waals surface area contributed by atoms with Crippen LogP contribution in [0, 0.1) is 5.82 Å². The second kappa shape index (κ2) is 5.73. The van der Waals surface area contributed by atoms with Gasteiger partial charge in [0.05, 0.1) is 6.04 Å². The first-order valence-electron chi connectivity index (χ1n) is 5.14. The quantitative estimate of drug-likeness (QED) is 0.670. The summed E-state index contributed by atoms with van der Waals surface area (Å²) in [6, 6.07) is 8.64. The van der Waals surface area contributed by atoms with E-state index in [1.807, 2.05) is 17.5 Å². The van der Waals surface area contributed by atoms with Gasteiger partial charge >= 0.3 is 0 Å². The van der Waals surface area contributed by atoms with E-state index >= 15 is 0 Å². The molecule has 1 aromatic heterocycles. The molecule has 90 valence electrons. The average Bonchev–Trinajstić information content (AvgIpc) is 2.75. The molecule has 0 fully saturated rings. The monoisotopic (exact) mass is 314 g/mol. The molecule has 0 spiro atoms. The minimum absolute atomic E-state index is 0.0822. The predicted octanol–water partition coefficient (Wildman–Crippen LogP) is 3.40. The fourth-order valence-corrected chi connectivity index (χ4v) is 3.38. The van der Waals surface area contributed by atoms with Gasteiger partial charge in [-0.1, -0.05) is 18.2 Å². The first kappa shape index (κ1) is 12.7. The molecule has 0 bridgehead atoms. The number of nitrogens with one attached hydrogen (secondary N) is 1. The van der Waals surface area contributed by atoms with E-state index in [-0.39, 0.29) is 11.9 Å². The number of thiophene rings is 1. The van der Waals surface area contributed by atoms with Crippen molar-refractivity contribution in [2.24, 2.45) is 5.84 Å². The molecule has 2 nitrogen and oxygen atoms in total. The number of benzene rings is 1. The number of rotatable bonds is 4. The lowest BCUT2D eigenvalue weighted by Crippen LogP contribution is -2.29. The summed E-state index contributed by atoms with van der Waals surface area (Å²) in [7, 11) is 0. The number of halogens is 2. The number of nitrogens with two attached hydrogens (primary N) is 1. The van der Waals surface area contributed by atoms with Gasteiger partial charge in [0, 0.05) is 9.35 Å². The van der Waals surface area contributed by atoms with Gasteiger partial charge in [-0.15, -0.1) is 11.3 Å². The molecule has 0 aliphatic heterocycles. The SMILES string of the molecule is NNC(Cc1ccccc1F)c1sccc1Br. The molecule has 1 heterocycles. The Hall–Kier alpha value is -0.750. The minimum atomic E-state index is -0.194. The van der Waals surface area contributed by atoms with Crippen LogP contribution in [0.3, 0.4) is 0 Å². The molecular formula is C12H12BrFN2S. The Morgan fingerprint density at radius 3 is 2.71 bits per heavy atom. The van der Waals surface area contributed by atoms with E-state index in [2.05, 4.69) is 21.4 Å². The average molecular weight is 315 g/mol. The fraction of sp³-hybridized carbons (Fsp3) is 0.167. The maximum Gasteiger partial charge on any atom is 0.126 e. The molecular weight excluding hydrogens is 303 g/mol. The van der Waals surface area contributed by atoms with Gasteiger partial charge in [0.1, 0.15) is 5.82 Å². The molecule has 2 rings (SSSR count). The van der Waals surface area contributed by atoms with Crippen molar-refractivity contribution in [3.63, 3.8) is 0 Å². The van der Waals surface area contributed by atoms with Gasteiger partial charge in [0.15, 0.2) is 0 Å². The molecule has 0 saturated heterocycles. The maximum atomic E-state index is 13.6. The third-order valence-electron chi connectivity index (χ3n) is 2.54. The third-order valence-corrected chi connectivity index (χ3v) is 4.53. The molecule has 2 aromatic rings. The number of hydrogen-bond donors (Lipinski definition) is 2. The fourth-order valence-electron chi connectivity index (χ4n) is 1.67. The van der Waals surface area contributed by atoms with Gasteiger partial charge < -0.3 is 0 Å². The maximum absolute atomic E-state index is 13.6. The zero-order chi connectivity index (χ0) is 12.3. The Morgan fingerprint density at radius 1 is 1.35 bits per heavy atom. The van der Waals surface area contributed by atoms with E-state index in [1.165, 1.54) is 6.07 Å². The van der Waals surface area contributed by atoms with Crippen molar-refractivity contribution in [3.05, 3.63) is 56.4 Å². The molecule has 0 radical (unpaired) electrons. The lowest BCUT2D eigenvalue weighted by Gasteiger charge is -2.15. The Bertz CT molecular complexity index is 501. The van der Waals surface area contributed by atoms with Crippen molar-refractivity contribution in [2.45, 2.75) is 12.5 Å². The van der Waals surface area contributed by atoms with Crippen molar-refractivity contribution in [1.29, 1.82) is 0 Å². The van der Waals surface area contributed by atoms with Gasteiger partial charge in [-0.2, -0.15) is 0 Å². The second-order valence-electron chi connectivity index (χ2n) is 3.65. The smallest absolute Gasteiger partial charge is 0.126 e. The molecule has 0 saturated carbocycles. The predicted molar refractivity (Wildman–Crippen MR) is 72.2 cm³/mol. The third kappa shape index (κ3) is 2.93. The van der Waals surface area contributed by atoms with Crippen molar-refractivity contribution < 1.29 is 4.39 Å². The van der Waals surface area contributed by atoms with Gasteiger partial charge in [0.25, 0.3) is 0 Å². The molecule has 1 atom stereocenters. The highest BCUT2D eigenvalue weighted by Gasteiger charge is 2.16. The zero-order valence-electron chi connectivity index (χ0n) is 8.99. The minimum Gasteiger partial charge on any atom is -0.271 e. The summed E-state index contributed by atoms with van der Waals surface area (Å²) >= 11 is 5.06. The zero-order valence-corrected chi connectivity index (χ0v) is 11.4. The summed E-state index contributed by atoms with van der Waals surface area (Å²) in [4.78, 5) is 1.08. The summed E-state index contributed by atoms with van der Waals surface area (Å²) in [5, 5.41) is 1.98. The van der Waals surface area contributed by atoms with Crippen LogP contribution < -0.4 is 11.3 Å². The first-order chi connectivity index (χ1) is 8.22. The molecule has 1 unspecified atom stereocenters. The lowest BCUT2D eigenvalue weighted by atomic mass is 10.0. The Balaban J connectivity index is 2.22. The molecule has 1 aromatic carbocycles. The van der Waals surface area contributed by atoms with E-state index < -0.39 is 0 Å². The summed E-state index contributed by atoms with van der Waals surface area (Å²) in [5.74, 6) is 5.35. The Morgan fingerprint density at radius 2 is 2.12 bits per heavy atom. The Labute approximate surface area is 112 Å². The van der Waals surface area contributed by atoms with Gasteiger partial charge in [-0.05, 0) is 45.4 Å². The van der Waals surface area contributed by atoms with Crippen LogP contribution >= 0.6 is 27.3 Å². The van der Waals surface area contributed by atoms with Crippen molar-refractivity contribution in [2.75, 3.05) is 0 Å². The molecule has 3 N–H and O–H groups in total. The highest BCUT2D eigenvalue weighted by Crippen LogP contribution is 2.31. The summed E-state index contributed by atoms with van der Waals surface area (Å²) in [5.41, 5.74) is 3.40. The Kier molecular flexibility index (Phi) is 4.28. The first-order valence-corrected chi connectivity index (χ1v) is 6.82. The topological polar surface area (TPSA) is 38.0 Å². The summed E-state index contributed by atoms with van der Waals surface area (Å²) in [6.07, 6.45) is 0.530. The summed E-state index contributed by atoms with van der Waals surface area (Å²) in [6.45, 7) is 0. The van der Waals surface area contributed by atoms with Crippen LogP contribution in [0.1, 0.15) is 16.5 Å². The van der Waals surface area contributed by atoms with E-state index in [9.17, 15) is 4.39 Å². The van der Waals surface area contributed by atoms with E-state index in [0.717, 1.165) is 9.35 Å². The number of hydrazine groups is 1. The number of hydrogen-bond acceptors (Lipinski definition) is 3. The van der Waals surface area contributed by atoms with Crippen LogP contribution in [0.15, 0.2) is 40.2 Å². The van der Waals surface area contributed by atoms with Crippen molar-refractivity contribution in [1.82, 2.24) is 5.43 Å². The van der Waals surface area contributed by atoms with Crippen molar-refractivity contribution >= 4 is 27.3 Å². The van der Waals surface area contributed by atoms with E-state index in [1.54, 1.807) is 23.5 Å². The van der Waals surface area contributed by atoms with E-state index in [4.69, 9.17) is 5.84 Å². The second-order valence-corrected chi connectivity index (χ2v) is 5.45. The standard InChI is InChI=1S/C12H12BrFN2S/c13-9-5-6-17-12(9)11(16-15)7-8-3-1-2-4-10(8)14/h1-6,11,16H,7,15H2. The van der Waals surface area contributed by atoms with Gasteiger partial charge in [-0.25, -0.2) is 4.39 Å². The van der Waals surface area contributed by atoms with Crippen LogP contribution in [0.5, 0.6) is 0 Å². The van der Waals surface area contributed by atoms with Crippen LogP contribution in [-0.2, 0) is 6.42 Å². The lowest BCUT2D eigenvalue weighted by molar-refractivity contribution is 0.534. The van der Waals surface area contributed by atoms with Crippen molar-refractivity contribution in [3.8, 4) is 0 Å².